The second-order valence-corrected chi connectivity index (χ2v) is 5.40. The van der Waals surface area contributed by atoms with Gasteiger partial charge in [0.25, 0.3) is 0 Å². The van der Waals surface area contributed by atoms with Gasteiger partial charge in [-0.05, 0) is 37.2 Å². The van der Waals surface area contributed by atoms with E-state index in [1.54, 1.807) is 0 Å². The molecule has 1 aromatic rings. The average molecular weight is 244 g/mol. The zero-order valence-corrected chi connectivity index (χ0v) is 10.2. The van der Waals surface area contributed by atoms with Crippen LogP contribution in [0.4, 0.5) is 0 Å². The Hall–Kier alpha value is -1.64. The Morgan fingerprint density at radius 3 is 2.28 bits per heavy atom. The van der Waals surface area contributed by atoms with Gasteiger partial charge in [-0.15, -0.1) is 0 Å². The summed E-state index contributed by atoms with van der Waals surface area (Å²) in [5.74, 6) is -0.127. The summed E-state index contributed by atoms with van der Waals surface area (Å²) in [5.41, 5.74) is 0.840. The summed E-state index contributed by atoms with van der Waals surface area (Å²) in [4.78, 5) is 23.0. The topological polar surface area (TPSA) is 43.4 Å². The molecule has 0 bridgehead atoms. The Kier molecular flexibility index (Phi) is 2.69. The van der Waals surface area contributed by atoms with Crippen LogP contribution in [0.25, 0.3) is 0 Å². The predicted molar refractivity (Wildman–Crippen MR) is 65.8 cm³/mol. The Morgan fingerprint density at radius 1 is 1.06 bits per heavy atom. The lowest BCUT2D eigenvalue weighted by atomic mass is 9.68. The van der Waals surface area contributed by atoms with E-state index in [-0.39, 0.29) is 18.4 Å². The largest absolute Gasteiger partial charge is 0.393 e. The number of esters is 2. The maximum Gasteiger partial charge on any atom is 0.320 e. The van der Waals surface area contributed by atoms with E-state index in [0.29, 0.717) is 5.92 Å². The fraction of sp³-hybridized carbons (Fsp3) is 0.467. The van der Waals surface area contributed by atoms with Gasteiger partial charge in [-0.3, -0.25) is 9.59 Å². The van der Waals surface area contributed by atoms with Crippen molar-refractivity contribution in [1.29, 1.82) is 0 Å². The van der Waals surface area contributed by atoms with Crippen molar-refractivity contribution in [2.75, 3.05) is 0 Å². The highest BCUT2D eigenvalue weighted by molar-refractivity contribution is 5.97. The summed E-state index contributed by atoms with van der Waals surface area (Å²) in [7, 11) is 0. The van der Waals surface area contributed by atoms with E-state index < -0.39 is 5.41 Å². The summed E-state index contributed by atoms with van der Waals surface area (Å²) in [6.07, 6.45) is 3.76. The lowest BCUT2D eigenvalue weighted by molar-refractivity contribution is -0.155. The number of hydrogen-bond acceptors (Lipinski definition) is 3. The molecule has 94 valence electrons. The van der Waals surface area contributed by atoms with E-state index in [1.807, 2.05) is 18.2 Å². The number of benzene rings is 1. The van der Waals surface area contributed by atoms with Crippen molar-refractivity contribution in [3.05, 3.63) is 35.9 Å². The third-order valence-electron chi connectivity index (χ3n) is 4.34. The molecule has 2 aliphatic rings. The standard InChI is InChI=1S/C15H16O3/c16-13-10-15(14(17)18-13)8-6-12(7-9-15)11-4-2-1-3-5-11/h1-5,12H,6-10H2. The van der Waals surface area contributed by atoms with Crippen LogP contribution < -0.4 is 0 Å². The van der Waals surface area contributed by atoms with Crippen molar-refractivity contribution < 1.29 is 14.3 Å². The molecule has 0 aromatic heterocycles. The maximum atomic E-state index is 11.8. The first kappa shape index (κ1) is 11.5. The van der Waals surface area contributed by atoms with Crippen LogP contribution in [0, 0.1) is 5.41 Å². The van der Waals surface area contributed by atoms with Crippen LogP contribution in [0.1, 0.15) is 43.6 Å². The third-order valence-corrected chi connectivity index (χ3v) is 4.34. The predicted octanol–water partition coefficient (Wildman–Crippen LogP) is 2.80. The molecule has 2 fully saturated rings. The first-order valence-corrected chi connectivity index (χ1v) is 6.50. The molecule has 0 unspecified atom stereocenters. The molecule has 3 heteroatoms. The Bertz CT molecular complexity index is 470. The molecular formula is C15H16O3. The van der Waals surface area contributed by atoms with Crippen LogP contribution in [0.3, 0.4) is 0 Å². The molecular weight excluding hydrogens is 228 g/mol. The normalized spacial score (nSPS) is 31.7. The summed E-state index contributed by atoms with van der Waals surface area (Å²) in [6.45, 7) is 0. The van der Waals surface area contributed by atoms with Gasteiger partial charge in [0.2, 0.25) is 0 Å². The average Bonchev–Trinajstić information content (AvgIpc) is 2.66. The molecule has 1 aromatic carbocycles. The van der Waals surface area contributed by atoms with E-state index in [0.717, 1.165) is 25.7 Å². The summed E-state index contributed by atoms with van der Waals surface area (Å²) in [5, 5.41) is 0. The molecule has 0 atom stereocenters. The van der Waals surface area contributed by atoms with E-state index in [1.165, 1.54) is 5.56 Å². The van der Waals surface area contributed by atoms with Crippen LogP contribution in [-0.2, 0) is 14.3 Å². The first-order valence-electron chi connectivity index (χ1n) is 6.50. The molecule has 1 saturated carbocycles. The molecule has 3 rings (SSSR count). The molecule has 1 spiro atoms. The number of hydrogen-bond donors (Lipinski definition) is 0. The number of ether oxygens (including phenoxy) is 1. The van der Waals surface area contributed by atoms with Gasteiger partial charge in [-0.1, -0.05) is 30.3 Å². The number of carbonyl (C=O) groups excluding carboxylic acids is 2. The quantitative estimate of drug-likeness (QED) is 0.563. The monoisotopic (exact) mass is 244 g/mol. The van der Waals surface area contributed by atoms with Gasteiger partial charge < -0.3 is 4.74 Å². The highest BCUT2D eigenvalue weighted by Gasteiger charge is 2.50. The minimum atomic E-state index is -0.498. The Morgan fingerprint density at radius 2 is 1.72 bits per heavy atom. The number of rotatable bonds is 1. The minimum absolute atomic E-state index is 0.285. The Balaban J connectivity index is 1.72. The van der Waals surface area contributed by atoms with Crippen LogP contribution in [-0.4, -0.2) is 11.9 Å². The zero-order chi connectivity index (χ0) is 12.6. The van der Waals surface area contributed by atoms with Gasteiger partial charge in [0.15, 0.2) is 0 Å². The van der Waals surface area contributed by atoms with E-state index in [2.05, 4.69) is 12.1 Å². The van der Waals surface area contributed by atoms with Crippen molar-refractivity contribution in [1.82, 2.24) is 0 Å². The fourth-order valence-electron chi connectivity index (χ4n) is 3.21. The van der Waals surface area contributed by atoms with Gasteiger partial charge in [0, 0.05) is 0 Å². The summed E-state index contributed by atoms with van der Waals surface area (Å²) in [6, 6.07) is 10.4. The molecule has 1 saturated heterocycles. The van der Waals surface area contributed by atoms with Crippen molar-refractivity contribution in [2.45, 2.75) is 38.0 Å². The van der Waals surface area contributed by atoms with Gasteiger partial charge in [0.05, 0.1) is 11.8 Å². The molecule has 3 nitrogen and oxygen atoms in total. The lowest BCUT2D eigenvalue weighted by Gasteiger charge is -2.33. The molecule has 0 radical (unpaired) electrons. The third kappa shape index (κ3) is 1.84. The fourth-order valence-corrected chi connectivity index (χ4v) is 3.21. The summed E-state index contributed by atoms with van der Waals surface area (Å²) < 4.78 is 4.72. The van der Waals surface area contributed by atoms with Crippen molar-refractivity contribution in [3.8, 4) is 0 Å². The minimum Gasteiger partial charge on any atom is -0.393 e. The van der Waals surface area contributed by atoms with Gasteiger partial charge >= 0.3 is 11.9 Å². The molecule has 0 N–H and O–H groups in total. The van der Waals surface area contributed by atoms with Gasteiger partial charge in [-0.25, -0.2) is 0 Å². The number of carbonyl (C=O) groups is 2. The van der Waals surface area contributed by atoms with Gasteiger partial charge in [0.1, 0.15) is 0 Å². The van der Waals surface area contributed by atoms with Crippen molar-refractivity contribution >= 4 is 11.9 Å². The molecule has 0 amide bonds. The summed E-state index contributed by atoms with van der Waals surface area (Å²) >= 11 is 0. The molecule has 1 aliphatic carbocycles. The highest BCUT2D eigenvalue weighted by Crippen LogP contribution is 2.48. The van der Waals surface area contributed by atoms with Crippen LogP contribution >= 0.6 is 0 Å². The second-order valence-electron chi connectivity index (χ2n) is 5.40. The molecule has 18 heavy (non-hydrogen) atoms. The van der Waals surface area contributed by atoms with Crippen molar-refractivity contribution in [3.63, 3.8) is 0 Å². The van der Waals surface area contributed by atoms with Crippen LogP contribution in [0.5, 0.6) is 0 Å². The second kappa shape index (κ2) is 4.23. The number of cyclic esters (lactones) is 2. The maximum absolute atomic E-state index is 11.8. The van der Waals surface area contributed by atoms with Crippen LogP contribution in [0.15, 0.2) is 30.3 Å². The van der Waals surface area contributed by atoms with E-state index in [4.69, 9.17) is 4.74 Å². The van der Waals surface area contributed by atoms with Crippen molar-refractivity contribution in [2.24, 2.45) is 5.41 Å². The first-order chi connectivity index (χ1) is 8.70. The van der Waals surface area contributed by atoms with E-state index in [9.17, 15) is 9.59 Å². The SMILES string of the molecule is O=C1CC2(CCC(c3ccccc3)CC2)C(=O)O1. The molecule has 1 aliphatic heterocycles. The van der Waals surface area contributed by atoms with Gasteiger partial charge in [-0.2, -0.15) is 0 Å². The Labute approximate surface area is 106 Å². The van der Waals surface area contributed by atoms with Crippen LogP contribution in [0.2, 0.25) is 0 Å². The highest BCUT2D eigenvalue weighted by atomic mass is 16.6. The zero-order valence-electron chi connectivity index (χ0n) is 10.2. The lowest BCUT2D eigenvalue weighted by Crippen LogP contribution is -2.31. The molecule has 1 heterocycles. The van der Waals surface area contributed by atoms with E-state index >= 15 is 0 Å². The smallest absolute Gasteiger partial charge is 0.320 e.